The van der Waals surface area contributed by atoms with E-state index in [4.69, 9.17) is 0 Å². The topological polar surface area (TPSA) is 54.3 Å². The van der Waals surface area contributed by atoms with Crippen LogP contribution in [0.3, 0.4) is 0 Å². The van der Waals surface area contributed by atoms with Crippen LogP contribution in [0.1, 0.15) is 40.3 Å². The van der Waals surface area contributed by atoms with Crippen LogP contribution in [0, 0.1) is 12.3 Å². The van der Waals surface area contributed by atoms with Gasteiger partial charge in [-0.2, -0.15) is 5.10 Å². The van der Waals surface area contributed by atoms with Crippen LogP contribution in [0.2, 0.25) is 0 Å². The first-order chi connectivity index (χ1) is 12.0. The van der Waals surface area contributed by atoms with E-state index in [0.29, 0.717) is 11.5 Å². The minimum absolute atomic E-state index is 0.133. The van der Waals surface area contributed by atoms with Crippen molar-refractivity contribution in [2.24, 2.45) is 12.5 Å². The number of aromatic nitrogens is 3. The molecule has 6 nitrogen and oxygen atoms in total. The molecule has 2 fully saturated rings. The summed E-state index contributed by atoms with van der Waals surface area (Å²) in [6, 6.07) is 0.633. The zero-order valence-corrected chi connectivity index (χ0v) is 15.9. The van der Waals surface area contributed by atoms with Crippen molar-refractivity contribution < 1.29 is 4.79 Å². The molecule has 1 saturated carbocycles. The number of nitrogens with zero attached hydrogens (tertiary/aromatic N) is 5. The van der Waals surface area contributed by atoms with Crippen LogP contribution in [-0.2, 0) is 13.6 Å². The summed E-state index contributed by atoms with van der Waals surface area (Å²) < 4.78 is 1.72. The van der Waals surface area contributed by atoms with E-state index < -0.39 is 0 Å². The fraction of sp³-hybridized carbons (Fsp3) is 0.611. The summed E-state index contributed by atoms with van der Waals surface area (Å²) in [6.07, 6.45) is 7.17. The van der Waals surface area contributed by atoms with Crippen LogP contribution in [-0.4, -0.2) is 56.7 Å². The molecular formula is C18H25N5OS. The lowest BCUT2D eigenvalue weighted by Crippen LogP contribution is -2.41. The number of aryl methyl sites for hydroxylation is 2. The van der Waals surface area contributed by atoms with Crippen molar-refractivity contribution in [2.45, 2.75) is 38.8 Å². The minimum Gasteiger partial charge on any atom is -0.338 e. The molecule has 25 heavy (non-hydrogen) atoms. The van der Waals surface area contributed by atoms with E-state index in [1.807, 2.05) is 36.6 Å². The summed E-state index contributed by atoms with van der Waals surface area (Å²) in [6.45, 7) is 4.55. The Bertz CT molecular complexity index is 761. The monoisotopic (exact) mass is 359 g/mol. The first kappa shape index (κ1) is 16.7. The molecule has 1 aliphatic carbocycles. The van der Waals surface area contributed by atoms with E-state index >= 15 is 0 Å². The van der Waals surface area contributed by atoms with Gasteiger partial charge in [0.1, 0.15) is 5.01 Å². The van der Waals surface area contributed by atoms with E-state index in [1.165, 1.54) is 11.4 Å². The molecule has 2 aromatic heterocycles. The van der Waals surface area contributed by atoms with Gasteiger partial charge in [0.15, 0.2) is 0 Å². The largest absolute Gasteiger partial charge is 0.338 e. The average Bonchev–Trinajstić information content (AvgIpc) is 2.92. The van der Waals surface area contributed by atoms with E-state index in [0.717, 1.165) is 43.7 Å². The maximum absolute atomic E-state index is 12.7. The lowest BCUT2D eigenvalue weighted by molar-refractivity contribution is 0.0657. The lowest BCUT2D eigenvalue weighted by atomic mass is 9.92. The molecule has 1 saturated heterocycles. The average molecular weight is 359 g/mol. The van der Waals surface area contributed by atoms with Crippen LogP contribution >= 0.6 is 11.3 Å². The molecule has 4 rings (SSSR count). The molecule has 0 N–H and O–H groups in total. The Balaban J connectivity index is 1.34. The van der Waals surface area contributed by atoms with Gasteiger partial charge in [0.2, 0.25) is 0 Å². The van der Waals surface area contributed by atoms with Crippen LogP contribution < -0.4 is 0 Å². The summed E-state index contributed by atoms with van der Waals surface area (Å²) in [5.41, 5.74) is 1.97. The highest BCUT2D eigenvalue weighted by atomic mass is 32.1. The van der Waals surface area contributed by atoms with Crippen molar-refractivity contribution in [1.82, 2.24) is 24.6 Å². The number of piperidine rings is 1. The summed E-state index contributed by atoms with van der Waals surface area (Å²) in [5.74, 6) is 0.133. The molecule has 2 aliphatic rings. The third kappa shape index (κ3) is 3.11. The molecule has 3 heterocycles. The van der Waals surface area contributed by atoms with Gasteiger partial charge in [0, 0.05) is 44.0 Å². The Morgan fingerprint density at radius 2 is 2.20 bits per heavy atom. The van der Waals surface area contributed by atoms with E-state index in [9.17, 15) is 4.79 Å². The molecule has 1 atom stereocenters. The molecule has 0 bridgehead atoms. The van der Waals surface area contributed by atoms with Gasteiger partial charge < -0.3 is 4.90 Å². The van der Waals surface area contributed by atoms with Crippen LogP contribution in [0.4, 0.5) is 0 Å². The Morgan fingerprint density at radius 1 is 1.44 bits per heavy atom. The molecule has 0 radical (unpaired) electrons. The number of amides is 1. The van der Waals surface area contributed by atoms with Crippen molar-refractivity contribution in [1.29, 1.82) is 0 Å². The third-order valence-electron chi connectivity index (χ3n) is 5.84. The van der Waals surface area contributed by atoms with Crippen molar-refractivity contribution in [3.63, 3.8) is 0 Å². The van der Waals surface area contributed by atoms with Gasteiger partial charge in [0.25, 0.3) is 5.91 Å². The SMILES string of the molecule is Cc1nn(C)cc1C(=O)N1CCC2(CC1)C[C@H]2N(C)Cc1nccs1. The second-order valence-corrected chi connectivity index (χ2v) is 8.50. The molecule has 1 spiro atoms. The number of thiazole rings is 1. The third-order valence-corrected chi connectivity index (χ3v) is 6.60. The van der Waals surface area contributed by atoms with Crippen LogP contribution in [0.15, 0.2) is 17.8 Å². The predicted molar refractivity (Wildman–Crippen MR) is 97.5 cm³/mol. The molecule has 0 unspecified atom stereocenters. The van der Waals surface area contributed by atoms with Crippen molar-refractivity contribution in [3.05, 3.63) is 34.0 Å². The van der Waals surface area contributed by atoms with Gasteiger partial charge in [-0.15, -0.1) is 11.3 Å². The van der Waals surface area contributed by atoms with E-state index in [-0.39, 0.29) is 5.91 Å². The standard InChI is InChI=1S/C18H25N5OS/c1-13-14(11-22(3)20-13)17(24)23-7-4-18(5-8-23)10-15(18)21(2)12-16-19-6-9-25-16/h6,9,11,15H,4-5,7-8,10,12H2,1-3H3/t15-/m1/s1. The lowest BCUT2D eigenvalue weighted by Gasteiger charge is -2.34. The van der Waals surface area contributed by atoms with Crippen molar-refractivity contribution in [2.75, 3.05) is 20.1 Å². The molecule has 1 aliphatic heterocycles. The maximum atomic E-state index is 12.7. The maximum Gasteiger partial charge on any atom is 0.257 e. The number of likely N-dealkylation sites (tertiary alicyclic amines) is 1. The molecule has 1 amide bonds. The number of hydrogen-bond donors (Lipinski definition) is 0. The van der Waals surface area contributed by atoms with Gasteiger partial charge in [-0.05, 0) is 38.6 Å². The molecular weight excluding hydrogens is 334 g/mol. The second kappa shape index (κ2) is 6.21. The Morgan fingerprint density at radius 3 is 2.80 bits per heavy atom. The molecule has 7 heteroatoms. The van der Waals surface area contributed by atoms with E-state index in [1.54, 1.807) is 16.0 Å². The zero-order valence-electron chi connectivity index (χ0n) is 15.1. The molecule has 134 valence electrons. The molecule has 0 aromatic carbocycles. The molecule has 2 aromatic rings. The van der Waals surface area contributed by atoms with Crippen LogP contribution in [0.5, 0.6) is 0 Å². The summed E-state index contributed by atoms with van der Waals surface area (Å²) in [5, 5.41) is 7.52. The van der Waals surface area contributed by atoms with Crippen LogP contribution in [0.25, 0.3) is 0 Å². The number of carbonyl (C=O) groups is 1. The minimum atomic E-state index is 0.133. The Kier molecular flexibility index (Phi) is 4.16. The van der Waals surface area contributed by atoms with Gasteiger partial charge in [-0.3, -0.25) is 14.4 Å². The smallest absolute Gasteiger partial charge is 0.257 e. The first-order valence-corrected chi connectivity index (χ1v) is 9.75. The second-order valence-electron chi connectivity index (χ2n) is 7.52. The normalized spacial score (nSPS) is 21.9. The number of hydrogen-bond acceptors (Lipinski definition) is 5. The number of rotatable bonds is 4. The number of carbonyl (C=O) groups excluding carboxylic acids is 1. The predicted octanol–water partition coefficient (Wildman–Crippen LogP) is 2.31. The highest BCUT2D eigenvalue weighted by Crippen LogP contribution is 2.56. The Hall–Kier alpha value is -1.73. The van der Waals surface area contributed by atoms with Gasteiger partial charge in [-0.25, -0.2) is 4.98 Å². The Labute approximate surface area is 152 Å². The van der Waals surface area contributed by atoms with Crippen molar-refractivity contribution in [3.8, 4) is 0 Å². The highest BCUT2D eigenvalue weighted by Gasteiger charge is 2.56. The fourth-order valence-electron chi connectivity index (χ4n) is 4.28. The zero-order chi connectivity index (χ0) is 17.6. The summed E-state index contributed by atoms with van der Waals surface area (Å²) in [4.78, 5) is 21.6. The van der Waals surface area contributed by atoms with Gasteiger partial charge in [-0.1, -0.05) is 0 Å². The van der Waals surface area contributed by atoms with Crippen molar-refractivity contribution >= 4 is 17.2 Å². The fourth-order valence-corrected chi connectivity index (χ4v) is 4.96. The van der Waals surface area contributed by atoms with Gasteiger partial charge >= 0.3 is 0 Å². The highest BCUT2D eigenvalue weighted by molar-refractivity contribution is 7.09. The van der Waals surface area contributed by atoms with E-state index in [2.05, 4.69) is 22.0 Å². The quantitative estimate of drug-likeness (QED) is 0.841. The summed E-state index contributed by atoms with van der Waals surface area (Å²) >= 11 is 1.72. The first-order valence-electron chi connectivity index (χ1n) is 8.87. The summed E-state index contributed by atoms with van der Waals surface area (Å²) in [7, 11) is 4.07. The van der Waals surface area contributed by atoms with Gasteiger partial charge in [0.05, 0.1) is 17.8 Å².